The third-order valence-corrected chi connectivity index (χ3v) is 3.63. The molecule has 1 aromatic carbocycles. The minimum atomic E-state index is -0.378. The molecule has 1 aromatic rings. The van der Waals surface area contributed by atoms with E-state index < -0.39 is 0 Å². The summed E-state index contributed by atoms with van der Waals surface area (Å²) in [5, 5.41) is 7.10. The Hall–Kier alpha value is -1.88. The highest BCUT2D eigenvalue weighted by Crippen LogP contribution is 2.18. The highest BCUT2D eigenvalue weighted by molar-refractivity contribution is 5.94. The average Bonchev–Trinajstić information content (AvgIpc) is 3.23. The minimum absolute atomic E-state index is 0.212. The van der Waals surface area contributed by atoms with Crippen LogP contribution in [0.15, 0.2) is 30.3 Å². The van der Waals surface area contributed by atoms with Crippen LogP contribution in [-0.2, 0) is 4.79 Å². The van der Waals surface area contributed by atoms with Crippen molar-refractivity contribution in [1.82, 2.24) is 10.6 Å². The Balaban J connectivity index is 1.81. The van der Waals surface area contributed by atoms with Crippen molar-refractivity contribution in [3.05, 3.63) is 35.9 Å². The van der Waals surface area contributed by atoms with Gasteiger partial charge >= 0.3 is 6.03 Å². The second-order valence-electron chi connectivity index (χ2n) is 5.92. The molecule has 0 aliphatic heterocycles. The summed E-state index contributed by atoms with van der Waals surface area (Å²) in [5.74, 6) is 0.148. The molecule has 0 heterocycles. The number of hydrogen-bond acceptors (Lipinski definition) is 2. The van der Waals surface area contributed by atoms with Gasteiger partial charge in [-0.3, -0.25) is 10.1 Å². The summed E-state index contributed by atoms with van der Waals surface area (Å²) >= 11 is 0. The summed E-state index contributed by atoms with van der Waals surface area (Å²) in [6, 6.07) is 10.2. The van der Waals surface area contributed by atoms with E-state index in [1.807, 2.05) is 23.5 Å². The second-order valence-corrected chi connectivity index (χ2v) is 5.92. The Morgan fingerprint density at radius 1 is 1.24 bits per heavy atom. The molecular weight excluding hydrogens is 266 g/mol. The van der Waals surface area contributed by atoms with E-state index in [0.717, 1.165) is 12.8 Å². The zero-order chi connectivity index (χ0) is 15.2. The summed E-state index contributed by atoms with van der Waals surface area (Å²) in [6.07, 6.45) is 2.02. The SMILES string of the molecule is CC(C)[C@@H]([NH2+]CC(=O)NC(=O)NC1CC1)c1ccccc1. The first-order chi connectivity index (χ1) is 10.1. The molecule has 21 heavy (non-hydrogen) atoms. The average molecular weight is 290 g/mol. The lowest BCUT2D eigenvalue weighted by Crippen LogP contribution is -2.88. The molecule has 1 atom stereocenters. The van der Waals surface area contributed by atoms with E-state index in [4.69, 9.17) is 0 Å². The third kappa shape index (κ3) is 5.19. The number of nitrogens with one attached hydrogen (secondary N) is 2. The van der Waals surface area contributed by atoms with Crippen molar-refractivity contribution in [3.8, 4) is 0 Å². The van der Waals surface area contributed by atoms with Crippen LogP contribution in [-0.4, -0.2) is 24.5 Å². The second kappa shape index (κ2) is 7.22. The lowest BCUT2D eigenvalue weighted by molar-refractivity contribution is -0.692. The molecule has 114 valence electrons. The Bertz CT molecular complexity index is 484. The van der Waals surface area contributed by atoms with E-state index in [0.29, 0.717) is 5.92 Å². The summed E-state index contributed by atoms with van der Waals surface area (Å²) in [7, 11) is 0. The molecule has 1 aliphatic rings. The molecule has 1 aliphatic carbocycles. The maximum atomic E-state index is 11.8. The summed E-state index contributed by atoms with van der Waals surface area (Å²) in [4.78, 5) is 23.3. The van der Waals surface area contributed by atoms with E-state index in [1.165, 1.54) is 5.56 Å². The lowest BCUT2D eigenvalue weighted by atomic mass is 9.96. The van der Waals surface area contributed by atoms with Gasteiger partial charge in [0, 0.05) is 17.5 Å². The molecule has 5 nitrogen and oxygen atoms in total. The molecule has 0 spiro atoms. The zero-order valence-corrected chi connectivity index (χ0v) is 12.6. The van der Waals surface area contributed by atoms with Crippen LogP contribution in [0.2, 0.25) is 0 Å². The largest absolute Gasteiger partial charge is 0.335 e. The summed E-state index contributed by atoms with van der Waals surface area (Å²) in [6.45, 7) is 4.51. The molecule has 0 saturated heterocycles. The quantitative estimate of drug-likeness (QED) is 0.729. The number of nitrogens with two attached hydrogens (primary N) is 1. The van der Waals surface area contributed by atoms with Crippen LogP contribution in [0.1, 0.15) is 38.3 Å². The number of quaternary nitrogens is 1. The Kier molecular flexibility index (Phi) is 5.33. The van der Waals surface area contributed by atoms with Gasteiger partial charge in [-0.05, 0) is 12.8 Å². The lowest BCUT2D eigenvalue weighted by Gasteiger charge is -2.19. The van der Waals surface area contributed by atoms with Gasteiger partial charge in [0.2, 0.25) is 0 Å². The van der Waals surface area contributed by atoms with Crippen LogP contribution in [0.3, 0.4) is 0 Å². The maximum Gasteiger partial charge on any atom is 0.321 e. The third-order valence-electron chi connectivity index (χ3n) is 3.63. The highest BCUT2D eigenvalue weighted by Gasteiger charge is 2.25. The van der Waals surface area contributed by atoms with Gasteiger partial charge in [0.25, 0.3) is 5.91 Å². The molecule has 0 unspecified atom stereocenters. The predicted molar refractivity (Wildman–Crippen MR) is 80.5 cm³/mol. The van der Waals surface area contributed by atoms with Gasteiger partial charge in [0.1, 0.15) is 6.04 Å². The van der Waals surface area contributed by atoms with Crippen LogP contribution >= 0.6 is 0 Å². The van der Waals surface area contributed by atoms with Gasteiger partial charge in [-0.25, -0.2) is 4.79 Å². The monoisotopic (exact) mass is 290 g/mol. The van der Waals surface area contributed by atoms with Gasteiger partial charge in [0.05, 0.1) is 0 Å². The molecule has 3 amide bonds. The number of carbonyl (C=O) groups is 2. The van der Waals surface area contributed by atoms with E-state index in [1.54, 1.807) is 0 Å². The van der Waals surface area contributed by atoms with Gasteiger partial charge < -0.3 is 10.6 Å². The Morgan fingerprint density at radius 3 is 2.48 bits per heavy atom. The zero-order valence-electron chi connectivity index (χ0n) is 12.6. The number of rotatable bonds is 6. The minimum Gasteiger partial charge on any atom is -0.335 e. The summed E-state index contributed by atoms with van der Waals surface area (Å²) < 4.78 is 0. The van der Waals surface area contributed by atoms with Crippen molar-refractivity contribution in [3.63, 3.8) is 0 Å². The van der Waals surface area contributed by atoms with Gasteiger partial charge in [-0.2, -0.15) is 0 Å². The molecular formula is C16H24N3O2+. The molecule has 1 fully saturated rings. The first-order valence-electron chi connectivity index (χ1n) is 7.55. The van der Waals surface area contributed by atoms with Crippen LogP contribution < -0.4 is 16.0 Å². The first-order valence-corrected chi connectivity index (χ1v) is 7.55. The number of hydrogen-bond donors (Lipinski definition) is 3. The van der Waals surface area contributed by atoms with Crippen molar-refractivity contribution in [2.75, 3.05) is 6.54 Å². The van der Waals surface area contributed by atoms with E-state index in [2.05, 4.69) is 36.6 Å². The van der Waals surface area contributed by atoms with Gasteiger partial charge in [0.15, 0.2) is 6.54 Å². The molecule has 2 rings (SSSR count). The van der Waals surface area contributed by atoms with Gasteiger partial charge in [-0.1, -0.05) is 44.2 Å². The fraction of sp³-hybridized carbons (Fsp3) is 0.500. The molecule has 0 aromatic heterocycles. The molecule has 0 bridgehead atoms. The topological polar surface area (TPSA) is 74.8 Å². The maximum absolute atomic E-state index is 11.8. The molecule has 1 saturated carbocycles. The fourth-order valence-corrected chi connectivity index (χ4v) is 2.33. The van der Waals surface area contributed by atoms with Crippen molar-refractivity contribution >= 4 is 11.9 Å². The van der Waals surface area contributed by atoms with E-state index in [9.17, 15) is 9.59 Å². The smallest absolute Gasteiger partial charge is 0.321 e. The van der Waals surface area contributed by atoms with Crippen molar-refractivity contribution < 1.29 is 14.9 Å². The van der Waals surface area contributed by atoms with Crippen molar-refractivity contribution in [1.29, 1.82) is 0 Å². The first kappa shape index (κ1) is 15.5. The predicted octanol–water partition coefficient (Wildman–Crippen LogP) is 0.935. The number of benzene rings is 1. The van der Waals surface area contributed by atoms with Crippen molar-refractivity contribution in [2.24, 2.45) is 5.92 Å². The number of urea groups is 1. The van der Waals surface area contributed by atoms with Crippen LogP contribution in [0.5, 0.6) is 0 Å². The number of amides is 3. The van der Waals surface area contributed by atoms with Gasteiger partial charge in [-0.15, -0.1) is 0 Å². The Morgan fingerprint density at radius 2 is 1.90 bits per heavy atom. The molecule has 5 heteroatoms. The fourth-order valence-electron chi connectivity index (χ4n) is 2.33. The van der Waals surface area contributed by atoms with Crippen LogP contribution in [0.4, 0.5) is 4.79 Å². The van der Waals surface area contributed by atoms with E-state index >= 15 is 0 Å². The number of carbonyl (C=O) groups excluding carboxylic acids is 2. The van der Waals surface area contributed by atoms with Crippen LogP contribution in [0.25, 0.3) is 0 Å². The van der Waals surface area contributed by atoms with E-state index in [-0.39, 0.29) is 30.6 Å². The van der Waals surface area contributed by atoms with Crippen LogP contribution in [0, 0.1) is 5.92 Å². The summed E-state index contributed by atoms with van der Waals surface area (Å²) in [5.41, 5.74) is 1.20. The highest BCUT2D eigenvalue weighted by atomic mass is 16.2. The molecule has 0 radical (unpaired) electrons. The normalized spacial score (nSPS) is 15.6. The standard InChI is InChI=1S/C16H23N3O2/c1-11(2)15(12-6-4-3-5-7-12)17-10-14(20)19-16(21)18-13-8-9-13/h3-7,11,13,15,17H,8-10H2,1-2H3,(H2,18,19,20,21)/p+1/t15-/m1/s1. The number of imide groups is 1. The molecule has 4 N–H and O–H groups in total. The van der Waals surface area contributed by atoms with Crippen molar-refractivity contribution in [2.45, 2.75) is 38.8 Å². The Labute approximate surface area is 125 Å².